The molecule has 1 atom stereocenters. The Morgan fingerprint density at radius 3 is 2.57 bits per heavy atom. The summed E-state index contributed by atoms with van der Waals surface area (Å²) in [5.74, 6) is -0.0856. The molecule has 0 radical (unpaired) electrons. The minimum atomic E-state index is -0.0822. The van der Waals surface area contributed by atoms with Crippen LogP contribution in [0, 0.1) is 5.41 Å². The maximum Gasteiger partial charge on any atom is 0.248 e. The summed E-state index contributed by atoms with van der Waals surface area (Å²) >= 11 is 0. The zero-order chi connectivity index (χ0) is 22.3. The Morgan fingerprint density at radius 2 is 2.00 bits per heavy atom. The van der Waals surface area contributed by atoms with Gasteiger partial charge in [0.05, 0.1) is 6.10 Å². The molecule has 0 aliphatic carbocycles. The van der Waals surface area contributed by atoms with Gasteiger partial charge in [0.25, 0.3) is 0 Å². The molecule has 1 aliphatic heterocycles. The summed E-state index contributed by atoms with van der Waals surface area (Å²) in [6, 6.07) is 5.84. The Labute approximate surface area is 180 Å². The molecule has 7 nitrogen and oxygen atoms in total. The molecule has 1 aromatic carbocycles. The standard InChI is InChI=1S/C23H37N3O4/c1-23(2,3)13-21(27)24-18-9-10-20(25(4)5)17(12-18)14-26(22(28)16-29-6)15-19-8-7-11-30-19/h9-10,12,19H,7-8,11,13-16H2,1-6H3,(H,24,27)/t19-/m1/s1. The highest BCUT2D eigenvalue weighted by molar-refractivity contribution is 5.91. The second-order valence-corrected chi connectivity index (χ2v) is 9.37. The molecular weight excluding hydrogens is 382 g/mol. The first-order valence-electron chi connectivity index (χ1n) is 10.6. The van der Waals surface area contributed by atoms with Crippen molar-refractivity contribution in [1.29, 1.82) is 0 Å². The zero-order valence-electron chi connectivity index (χ0n) is 19.3. The van der Waals surface area contributed by atoms with E-state index in [0.717, 1.165) is 36.4 Å². The van der Waals surface area contributed by atoms with Crippen LogP contribution in [0.4, 0.5) is 11.4 Å². The number of methoxy groups -OCH3 is 1. The molecule has 1 heterocycles. The first-order valence-corrected chi connectivity index (χ1v) is 10.6. The fourth-order valence-corrected chi connectivity index (χ4v) is 3.62. The van der Waals surface area contributed by atoms with E-state index in [2.05, 4.69) is 5.32 Å². The van der Waals surface area contributed by atoms with Crippen LogP contribution in [0.1, 0.15) is 45.6 Å². The number of carbonyl (C=O) groups is 2. The van der Waals surface area contributed by atoms with E-state index in [1.807, 2.05) is 58.0 Å². The molecule has 0 spiro atoms. The number of rotatable bonds is 9. The normalized spacial score (nSPS) is 16.4. The lowest BCUT2D eigenvalue weighted by molar-refractivity contribution is -0.137. The van der Waals surface area contributed by atoms with Gasteiger partial charge in [-0.25, -0.2) is 0 Å². The third-order valence-electron chi connectivity index (χ3n) is 4.97. The Kier molecular flexibility index (Phi) is 8.67. The van der Waals surface area contributed by atoms with Crippen LogP contribution in [0.3, 0.4) is 0 Å². The van der Waals surface area contributed by atoms with Gasteiger partial charge in [-0.3, -0.25) is 9.59 Å². The summed E-state index contributed by atoms with van der Waals surface area (Å²) in [4.78, 5) is 28.9. The lowest BCUT2D eigenvalue weighted by atomic mass is 9.92. The number of hydrogen-bond donors (Lipinski definition) is 1. The highest BCUT2D eigenvalue weighted by Crippen LogP contribution is 2.26. The van der Waals surface area contributed by atoms with Gasteiger partial charge >= 0.3 is 0 Å². The fourth-order valence-electron chi connectivity index (χ4n) is 3.62. The molecule has 1 aliphatic rings. The van der Waals surface area contributed by atoms with Crippen molar-refractivity contribution in [1.82, 2.24) is 4.90 Å². The van der Waals surface area contributed by atoms with E-state index >= 15 is 0 Å². The Hall–Kier alpha value is -2.12. The number of nitrogens with zero attached hydrogens (tertiary/aromatic N) is 2. The van der Waals surface area contributed by atoms with Gasteiger partial charge in [-0.15, -0.1) is 0 Å². The minimum Gasteiger partial charge on any atom is -0.377 e. The number of amides is 2. The number of ether oxygens (including phenoxy) is 2. The molecule has 0 saturated carbocycles. The van der Waals surface area contributed by atoms with Gasteiger partial charge in [-0.1, -0.05) is 20.8 Å². The third kappa shape index (κ3) is 7.61. The predicted molar refractivity (Wildman–Crippen MR) is 120 cm³/mol. The van der Waals surface area contributed by atoms with Crippen LogP contribution in [0.25, 0.3) is 0 Å². The molecule has 2 rings (SSSR count). The number of benzene rings is 1. The van der Waals surface area contributed by atoms with Gasteiger partial charge in [0, 0.05) is 58.7 Å². The molecule has 7 heteroatoms. The van der Waals surface area contributed by atoms with Crippen LogP contribution in [-0.2, 0) is 25.6 Å². The van der Waals surface area contributed by atoms with Crippen molar-refractivity contribution >= 4 is 23.2 Å². The largest absolute Gasteiger partial charge is 0.377 e. The van der Waals surface area contributed by atoms with Gasteiger partial charge in [0.15, 0.2) is 0 Å². The smallest absolute Gasteiger partial charge is 0.248 e. The van der Waals surface area contributed by atoms with Gasteiger partial charge < -0.3 is 24.6 Å². The first kappa shape index (κ1) is 24.2. The van der Waals surface area contributed by atoms with Crippen molar-refractivity contribution in [3.05, 3.63) is 23.8 Å². The van der Waals surface area contributed by atoms with Crippen molar-refractivity contribution in [2.24, 2.45) is 5.41 Å². The Balaban J connectivity index is 2.23. The predicted octanol–water partition coefficient (Wildman–Crippen LogP) is 3.28. The molecule has 0 unspecified atom stereocenters. The second kappa shape index (κ2) is 10.8. The average molecular weight is 420 g/mol. The van der Waals surface area contributed by atoms with E-state index in [9.17, 15) is 9.59 Å². The first-order chi connectivity index (χ1) is 14.1. The average Bonchev–Trinajstić information content (AvgIpc) is 3.12. The number of hydrogen-bond acceptors (Lipinski definition) is 5. The van der Waals surface area contributed by atoms with Gasteiger partial charge in [-0.05, 0) is 42.0 Å². The Morgan fingerprint density at radius 1 is 1.27 bits per heavy atom. The van der Waals surface area contributed by atoms with Crippen molar-refractivity contribution in [2.75, 3.05) is 51.2 Å². The van der Waals surface area contributed by atoms with E-state index in [4.69, 9.17) is 9.47 Å². The summed E-state index contributed by atoms with van der Waals surface area (Å²) in [7, 11) is 5.47. The Bertz CT molecular complexity index is 722. The number of anilines is 2. The molecule has 30 heavy (non-hydrogen) atoms. The topological polar surface area (TPSA) is 71.1 Å². The van der Waals surface area contributed by atoms with E-state index in [-0.39, 0.29) is 29.9 Å². The lowest BCUT2D eigenvalue weighted by Crippen LogP contribution is -2.39. The van der Waals surface area contributed by atoms with Crippen LogP contribution < -0.4 is 10.2 Å². The van der Waals surface area contributed by atoms with Crippen LogP contribution in [-0.4, -0.2) is 63.8 Å². The monoisotopic (exact) mass is 419 g/mol. The summed E-state index contributed by atoms with van der Waals surface area (Å²) in [5, 5.41) is 3.00. The summed E-state index contributed by atoms with van der Waals surface area (Å²) < 4.78 is 10.8. The molecular formula is C23H37N3O4. The molecule has 168 valence electrons. The molecule has 1 saturated heterocycles. The van der Waals surface area contributed by atoms with E-state index in [1.54, 1.807) is 4.90 Å². The molecule has 1 fully saturated rings. The van der Waals surface area contributed by atoms with E-state index < -0.39 is 0 Å². The minimum absolute atomic E-state index is 0.0160. The summed E-state index contributed by atoms with van der Waals surface area (Å²) in [5.41, 5.74) is 2.63. The van der Waals surface area contributed by atoms with Crippen LogP contribution >= 0.6 is 0 Å². The summed E-state index contributed by atoms with van der Waals surface area (Å²) in [6.45, 7) is 7.86. The van der Waals surface area contributed by atoms with Crippen LogP contribution in [0.2, 0.25) is 0 Å². The quantitative estimate of drug-likeness (QED) is 0.665. The van der Waals surface area contributed by atoms with Crippen LogP contribution in [0.5, 0.6) is 0 Å². The fraction of sp³-hybridized carbons (Fsp3) is 0.652. The maximum absolute atomic E-state index is 12.7. The van der Waals surface area contributed by atoms with Gasteiger partial charge in [0.1, 0.15) is 6.61 Å². The highest BCUT2D eigenvalue weighted by atomic mass is 16.5. The molecule has 2 amide bonds. The number of nitrogens with one attached hydrogen (secondary N) is 1. The highest BCUT2D eigenvalue weighted by Gasteiger charge is 2.24. The van der Waals surface area contributed by atoms with Crippen LogP contribution in [0.15, 0.2) is 18.2 Å². The molecule has 1 N–H and O–H groups in total. The summed E-state index contributed by atoms with van der Waals surface area (Å²) in [6.07, 6.45) is 2.48. The SMILES string of the molecule is COCC(=O)N(Cc1cc(NC(=O)CC(C)(C)C)ccc1N(C)C)C[C@H]1CCCO1. The molecule has 1 aromatic rings. The van der Waals surface area contributed by atoms with Crippen molar-refractivity contribution in [3.8, 4) is 0 Å². The second-order valence-electron chi connectivity index (χ2n) is 9.37. The van der Waals surface area contributed by atoms with E-state index in [1.165, 1.54) is 7.11 Å². The molecule has 0 aromatic heterocycles. The number of carbonyl (C=O) groups excluding carboxylic acids is 2. The zero-order valence-corrected chi connectivity index (χ0v) is 19.3. The van der Waals surface area contributed by atoms with Crippen molar-refractivity contribution in [2.45, 2.75) is 52.7 Å². The molecule has 0 bridgehead atoms. The lowest BCUT2D eigenvalue weighted by Gasteiger charge is -2.28. The maximum atomic E-state index is 12.7. The van der Waals surface area contributed by atoms with Gasteiger partial charge in [-0.2, -0.15) is 0 Å². The van der Waals surface area contributed by atoms with Gasteiger partial charge in [0.2, 0.25) is 11.8 Å². The third-order valence-corrected chi connectivity index (χ3v) is 4.97. The van der Waals surface area contributed by atoms with Crippen molar-refractivity contribution < 1.29 is 19.1 Å². The van der Waals surface area contributed by atoms with E-state index in [0.29, 0.717) is 19.5 Å². The van der Waals surface area contributed by atoms with Crippen molar-refractivity contribution in [3.63, 3.8) is 0 Å².